The number of carbonyl (C=O) groups excluding carboxylic acids is 1. The zero-order chi connectivity index (χ0) is 18.1. The van der Waals surface area contributed by atoms with Crippen molar-refractivity contribution in [1.29, 1.82) is 0 Å². The Morgan fingerprint density at radius 1 is 1.38 bits per heavy atom. The van der Waals surface area contributed by atoms with E-state index in [0.717, 1.165) is 5.69 Å². The lowest BCUT2D eigenvalue weighted by Gasteiger charge is -2.26. The van der Waals surface area contributed by atoms with Gasteiger partial charge in [0.1, 0.15) is 0 Å². The van der Waals surface area contributed by atoms with Crippen LogP contribution in [0.3, 0.4) is 0 Å². The van der Waals surface area contributed by atoms with Crippen LogP contribution in [0.25, 0.3) is 11.1 Å². The van der Waals surface area contributed by atoms with E-state index in [1.54, 1.807) is 13.8 Å². The molecule has 0 aliphatic carbocycles. The highest BCUT2D eigenvalue weighted by Crippen LogP contribution is 2.26. The highest BCUT2D eigenvalue weighted by atomic mass is 16.5. The smallest absolute Gasteiger partial charge is 0.259 e. The lowest BCUT2D eigenvalue weighted by atomic mass is 9.87. The Kier molecular flexibility index (Phi) is 5.28. The molecule has 1 unspecified atom stereocenters. The Bertz CT molecular complexity index is 732. The summed E-state index contributed by atoms with van der Waals surface area (Å²) in [6, 6.07) is 1.81. The molecule has 0 saturated heterocycles. The molecule has 0 aromatic carbocycles. The number of aromatic nitrogens is 2. The highest BCUT2D eigenvalue weighted by molar-refractivity contribution is 6.06. The van der Waals surface area contributed by atoms with E-state index in [1.165, 1.54) is 0 Å². The fraction of sp³-hybridized carbons (Fsp3) is 0.611. The molecule has 0 bridgehead atoms. The summed E-state index contributed by atoms with van der Waals surface area (Å²) >= 11 is 0. The number of amides is 1. The predicted molar refractivity (Wildman–Crippen MR) is 93.0 cm³/mol. The maximum atomic E-state index is 12.7. The minimum Gasteiger partial charge on any atom is -0.393 e. The van der Waals surface area contributed by atoms with Crippen molar-refractivity contribution in [3.63, 3.8) is 0 Å². The van der Waals surface area contributed by atoms with Crippen LogP contribution in [0.1, 0.15) is 68.7 Å². The van der Waals surface area contributed by atoms with Gasteiger partial charge in [-0.25, -0.2) is 4.98 Å². The van der Waals surface area contributed by atoms with E-state index < -0.39 is 6.10 Å². The third-order valence-corrected chi connectivity index (χ3v) is 4.05. The lowest BCUT2D eigenvalue weighted by molar-refractivity contribution is 0.0903. The number of aliphatic hydroxyl groups is 1. The molecule has 2 aromatic rings. The van der Waals surface area contributed by atoms with Crippen LogP contribution in [-0.4, -0.2) is 33.8 Å². The maximum Gasteiger partial charge on any atom is 0.259 e. The first-order valence-electron chi connectivity index (χ1n) is 8.34. The van der Waals surface area contributed by atoms with Gasteiger partial charge in [0.05, 0.1) is 22.7 Å². The van der Waals surface area contributed by atoms with Gasteiger partial charge in [0.15, 0.2) is 0 Å². The van der Waals surface area contributed by atoms with E-state index in [9.17, 15) is 9.90 Å². The average molecular weight is 333 g/mol. The third-order valence-electron chi connectivity index (χ3n) is 4.05. The summed E-state index contributed by atoms with van der Waals surface area (Å²) in [4.78, 5) is 17.2. The number of nitrogens with zero attached hydrogens (tertiary/aromatic N) is 2. The largest absolute Gasteiger partial charge is 0.393 e. The number of rotatable bonds is 6. The third kappa shape index (κ3) is 4.12. The first-order valence-corrected chi connectivity index (χ1v) is 8.34. The second-order valence-corrected chi connectivity index (χ2v) is 7.60. The standard InChI is InChI=1S/C18H27N3O3/c1-10(2)14-7-13(15-12(4)21-24-17(15)20-14)16(23)19-9-18(5,6)8-11(3)22/h7,10-11,22H,8-9H2,1-6H3,(H,19,23). The molecule has 0 fully saturated rings. The quantitative estimate of drug-likeness (QED) is 0.847. The van der Waals surface area contributed by atoms with E-state index >= 15 is 0 Å². The molecule has 0 aliphatic rings. The Morgan fingerprint density at radius 2 is 2.04 bits per heavy atom. The van der Waals surface area contributed by atoms with Gasteiger partial charge in [-0.05, 0) is 37.7 Å². The van der Waals surface area contributed by atoms with Crippen molar-refractivity contribution in [3.8, 4) is 0 Å². The molecular formula is C18H27N3O3. The number of aliphatic hydroxyl groups excluding tert-OH is 1. The van der Waals surface area contributed by atoms with Gasteiger partial charge in [0.25, 0.3) is 11.6 Å². The Labute approximate surface area is 142 Å². The lowest BCUT2D eigenvalue weighted by Crippen LogP contribution is -2.35. The van der Waals surface area contributed by atoms with Gasteiger partial charge in [-0.1, -0.05) is 32.9 Å². The Hall–Kier alpha value is -1.95. The number of aryl methyl sites for hydroxylation is 1. The molecule has 6 heteroatoms. The summed E-state index contributed by atoms with van der Waals surface area (Å²) in [5, 5.41) is 17.1. The molecule has 0 aliphatic heterocycles. The fourth-order valence-electron chi connectivity index (χ4n) is 2.88. The number of fused-ring (bicyclic) bond motifs is 1. The van der Waals surface area contributed by atoms with Crippen LogP contribution >= 0.6 is 0 Å². The molecule has 2 N–H and O–H groups in total. The molecule has 0 saturated carbocycles. The fourth-order valence-corrected chi connectivity index (χ4v) is 2.88. The van der Waals surface area contributed by atoms with E-state index in [1.807, 2.05) is 33.8 Å². The molecule has 1 amide bonds. The van der Waals surface area contributed by atoms with Gasteiger partial charge < -0.3 is 14.9 Å². The molecule has 132 valence electrons. The molecule has 1 atom stereocenters. The van der Waals surface area contributed by atoms with Gasteiger partial charge in [0.2, 0.25) is 0 Å². The van der Waals surface area contributed by atoms with Crippen LogP contribution in [0.5, 0.6) is 0 Å². The highest BCUT2D eigenvalue weighted by Gasteiger charge is 2.24. The average Bonchev–Trinajstić information content (AvgIpc) is 2.84. The van der Waals surface area contributed by atoms with E-state index in [0.29, 0.717) is 35.3 Å². The van der Waals surface area contributed by atoms with Crippen LogP contribution in [0.2, 0.25) is 0 Å². The molecule has 2 heterocycles. The molecular weight excluding hydrogens is 306 g/mol. The van der Waals surface area contributed by atoms with Crippen molar-refractivity contribution in [2.45, 2.75) is 60.0 Å². The summed E-state index contributed by atoms with van der Waals surface area (Å²) in [6.07, 6.45) is 0.208. The number of hydrogen-bond acceptors (Lipinski definition) is 5. The zero-order valence-corrected chi connectivity index (χ0v) is 15.3. The van der Waals surface area contributed by atoms with Gasteiger partial charge in [-0.3, -0.25) is 4.79 Å². The van der Waals surface area contributed by atoms with Crippen molar-refractivity contribution in [2.75, 3.05) is 6.54 Å². The maximum absolute atomic E-state index is 12.7. The normalized spacial score (nSPS) is 13.5. The minimum absolute atomic E-state index is 0.172. The summed E-state index contributed by atoms with van der Waals surface area (Å²) in [5.41, 5.74) is 2.19. The SMILES string of the molecule is Cc1noc2nc(C(C)C)cc(C(=O)NCC(C)(C)CC(C)O)c12. The predicted octanol–water partition coefficient (Wildman–Crippen LogP) is 3.18. The van der Waals surface area contributed by atoms with Gasteiger partial charge in [0, 0.05) is 12.2 Å². The summed E-state index contributed by atoms with van der Waals surface area (Å²) in [5.74, 6) is 0.00676. The van der Waals surface area contributed by atoms with Gasteiger partial charge >= 0.3 is 0 Å². The van der Waals surface area contributed by atoms with Crippen molar-refractivity contribution in [3.05, 3.63) is 23.0 Å². The van der Waals surface area contributed by atoms with E-state index in [2.05, 4.69) is 15.5 Å². The van der Waals surface area contributed by atoms with Crippen LogP contribution in [0.4, 0.5) is 0 Å². The molecule has 24 heavy (non-hydrogen) atoms. The second kappa shape index (κ2) is 6.89. The van der Waals surface area contributed by atoms with Crippen molar-refractivity contribution in [2.24, 2.45) is 5.41 Å². The summed E-state index contributed by atoms with van der Waals surface area (Å²) < 4.78 is 5.25. The van der Waals surface area contributed by atoms with Gasteiger partial charge in [-0.2, -0.15) is 0 Å². The number of nitrogens with one attached hydrogen (secondary N) is 1. The van der Waals surface area contributed by atoms with Crippen LogP contribution in [0.15, 0.2) is 10.6 Å². The first-order chi connectivity index (χ1) is 11.1. The van der Waals surface area contributed by atoms with E-state index in [-0.39, 0.29) is 17.2 Å². The second-order valence-electron chi connectivity index (χ2n) is 7.60. The topological polar surface area (TPSA) is 88.2 Å². The minimum atomic E-state index is -0.405. The number of hydrogen-bond donors (Lipinski definition) is 2. The number of carbonyl (C=O) groups is 1. The monoisotopic (exact) mass is 333 g/mol. The molecule has 6 nitrogen and oxygen atoms in total. The molecule has 0 radical (unpaired) electrons. The number of pyridine rings is 1. The zero-order valence-electron chi connectivity index (χ0n) is 15.3. The van der Waals surface area contributed by atoms with Crippen molar-refractivity contribution in [1.82, 2.24) is 15.5 Å². The van der Waals surface area contributed by atoms with Crippen LogP contribution in [0, 0.1) is 12.3 Å². The Morgan fingerprint density at radius 3 is 2.62 bits per heavy atom. The molecule has 2 aromatic heterocycles. The van der Waals surface area contributed by atoms with Crippen molar-refractivity contribution < 1.29 is 14.4 Å². The molecule has 0 spiro atoms. The summed E-state index contributed by atoms with van der Waals surface area (Å²) in [6.45, 7) is 12.1. The summed E-state index contributed by atoms with van der Waals surface area (Å²) in [7, 11) is 0. The van der Waals surface area contributed by atoms with Crippen LogP contribution < -0.4 is 5.32 Å². The van der Waals surface area contributed by atoms with Gasteiger partial charge in [-0.15, -0.1) is 0 Å². The van der Waals surface area contributed by atoms with E-state index in [4.69, 9.17) is 4.52 Å². The first kappa shape index (κ1) is 18.4. The van der Waals surface area contributed by atoms with Crippen LogP contribution in [-0.2, 0) is 0 Å². The van der Waals surface area contributed by atoms with Crippen molar-refractivity contribution >= 4 is 17.0 Å². The molecule has 2 rings (SSSR count). The Balaban J connectivity index is 2.30.